The first kappa shape index (κ1) is 21.1. The number of nitrogens with zero attached hydrogens (tertiary/aromatic N) is 2. The molecule has 0 saturated carbocycles. The predicted molar refractivity (Wildman–Crippen MR) is 126 cm³/mol. The number of nitrogens with one attached hydrogen (secondary N) is 2. The van der Waals surface area contributed by atoms with Crippen LogP contribution in [0.1, 0.15) is 17.5 Å². The Labute approximate surface area is 186 Å². The van der Waals surface area contributed by atoms with Gasteiger partial charge in [0.05, 0.1) is 17.5 Å². The number of carbonyl (C=O) groups is 2. The summed E-state index contributed by atoms with van der Waals surface area (Å²) in [6, 6.07) is 24.6. The lowest BCUT2D eigenvalue weighted by atomic mass is 10.1. The van der Waals surface area contributed by atoms with Crippen LogP contribution in [0.3, 0.4) is 0 Å². The zero-order chi connectivity index (χ0) is 22.3. The maximum Gasteiger partial charge on any atom is 0.316 e. The fourth-order valence-corrected chi connectivity index (χ4v) is 3.69. The number of carbonyl (C=O) groups excluding carboxylic acids is 2. The van der Waals surface area contributed by atoms with Crippen molar-refractivity contribution in [3.05, 3.63) is 90.0 Å². The summed E-state index contributed by atoms with van der Waals surface area (Å²) in [5.41, 5.74) is 9.67. The lowest BCUT2D eigenvalue weighted by Crippen LogP contribution is -2.19. The summed E-state index contributed by atoms with van der Waals surface area (Å²) in [5.74, 6) is 0.400. The zero-order valence-corrected chi connectivity index (χ0v) is 17.6. The number of aryl methyl sites for hydroxylation is 2. The highest BCUT2D eigenvalue weighted by Gasteiger charge is 2.13. The third-order valence-electron chi connectivity index (χ3n) is 5.18. The number of hydrogen-bond donors (Lipinski definition) is 3. The van der Waals surface area contributed by atoms with Crippen LogP contribution in [0.2, 0.25) is 0 Å². The fraction of sp³-hybridized carbons (Fsp3) is 0.160. The lowest BCUT2D eigenvalue weighted by molar-refractivity contribution is -0.115. The molecule has 0 aliphatic carbocycles. The van der Waals surface area contributed by atoms with Crippen LogP contribution in [0.25, 0.3) is 11.0 Å². The van der Waals surface area contributed by atoms with Gasteiger partial charge in [-0.15, -0.1) is 0 Å². The molecule has 1 heterocycles. The van der Waals surface area contributed by atoms with Gasteiger partial charge in [-0.05, 0) is 48.2 Å². The molecule has 0 radical (unpaired) electrons. The lowest BCUT2D eigenvalue weighted by Gasteiger charge is -2.11. The summed E-state index contributed by atoms with van der Waals surface area (Å²) in [4.78, 5) is 28.3. The number of amides is 3. The van der Waals surface area contributed by atoms with E-state index in [2.05, 4.69) is 32.3 Å². The number of urea groups is 1. The van der Waals surface area contributed by atoms with Gasteiger partial charge in [0, 0.05) is 12.2 Å². The van der Waals surface area contributed by atoms with E-state index in [4.69, 9.17) is 5.73 Å². The summed E-state index contributed by atoms with van der Waals surface area (Å²) in [6.07, 6.45) is 2.08. The van der Waals surface area contributed by atoms with Crippen LogP contribution in [0.15, 0.2) is 78.9 Å². The average Bonchev–Trinajstić information content (AvgIpc) is 3.12. The molecule has 4 aromatic rings. The van der Waals surface area contributed by atoms with E-state index in [9.17, 15) is 9.59 Å². The van der Waals surface area contributed by atoms with Gasteiger partial charge in [0.1, 0.15) is 0 Å². The maximum absolute atomic E-state index is 12.7. The monoisotopic (exact) mass is 427 g/mol. The van der Waals surface area contributed by atoms with Gasteiger partial charge in [0.25, 0.3) is 0 Å². The number of anilines is 2. The highest BCUT2D eigenvalue weighted by molar-refractivity contribution is 5.93. The van der Waals surface area contributed by atoms with Gasteiger partial charge in [-0.2, -0.15) is 0 Å². The number of primary amides is 1. The van der Waals surface area contributed by atoms with Gasteiger partial charge in [0.2, 0.25) is 11.9 Å². The van der Waals surface area contributed by atoms with Crippen LogP contribution in [0.5, 0.6) is 0 Å². The number of hydrogen-bond acceptors (Lipinski definition) is 3. The van der Waals surface area contributed by atoms with Crippen LogP contribution < -0.4 is 16.4 Å². The van der Waals surface area contributed by atoms with Gasteiger partial charge in [-0.1, -0.05) is 54.6 Å². The largest absolute Gasteiger partial charge is 0.351 e. The minimum absolute atomic E-state index is 0.153. The molecule has 0 atom stereocenters. The topological polar surface area (TPSA) is 102 Å². The Kier molecular flexibility index (Phi) is 6.46. The highest BCUT2D eigenvalue weighted by atomic mass is 16.2. The molecule has 162 valence electrons. The van der Waals surface area contributed by atoms with Crippen molar-refractivity contribution in [2.75, 3.05) is 10.6 Å². The summed E-state index contributed by atoms with van der Waals surface area (Å²) in [7, 11) is 0. The second-order valence-electron chi connectivity index (χ2n) is 7.58. The predicted octanol–water partition coefficient (Wildman–Crippen LogP) is 4.34. The van der Waals surface area contributed by atoms with Gasteiger partial charge in [0.15, 0.2) is 0 Å². The summed E-state index contributed by atoms with van der Waals surface area (Å²) in [5, 5.41) is 5.47. The molecule has 4 rings (SSSR count). The molecule has 0 spiro atoms. The van der Waals surface area contributed by atoms with Crippen LogP contribution >= 0.6 is 0 Å². The summed E-state index contributed by atoms with van der Waals surface area (Å²) >= 11 is 0. The van der Waals surface area contributed by atoms with Crippen molar-refractivity contribution in [1.29, 1.82) is 0 Å². The first-order valence-corrected chi connectivity index (χ1v) is 10.5. The van der Waals surface area contributed by atoms with Crippen molar-refractivity contribution in [3.8, 4) is 0 Å². The van der Waals surface area contributed by atoms with E-state index in [0.29, 0.717) is 11.6 Å². The Balaban J connectivity index is 1.45. The van der Waals surface area contributed by atoms with Gasteiger partial charge < -0.3 is 15.6 Å². The Morgan fingerprint density at radius 1 is 0.844 bits per heavy atom. The van der Waals surface area contributed by atoms with E-state index in [1.54, 1.807) is 24.3 Å². The van der Waals surface area contributed by atoms with E-state index in [1.807, 2.05) is 42.5 Å². The molecule has 0 bridgehead atoms. The van der Waals surface area contributed by atoms with Crippen molar-refractivity contribution in [3.63, 3.8) is 0 Å². The molecular weight excluding hydrogens is 402 g/mol. The molecule has 0 aliphatic rings. The van der Waals surface area contributed by atoms with Gasteiger partial charge in [-0.3, -0.25) is 10.1 Å². The van der Waals surface area contributed by atoms with Crippen molar-refractivity contribution in [2.24, 2.45) is 5.73 Å². The second-order valence-corrected chi connectivity index (χ2v) is 7.58. The smallest absolute Gasteiger partial charge is 0.316 e. The second kappa shape index (κ2) is 9.78. The summed E-state index contributed by atoms with van der Waals surface area (Å²) < 4.78 is 2.07. The molecule has 0 unspecified atom stereocenters. The number of para-hydroxylation sites is 2. The van der Waals surface area contributed by atoms with E-state index >= 15 is 0 Å². The highest BCUT2D eigenvalue weighted by Crippen LogP contribution is 2.21. The van der Waals surface area contributed by atoms with Gasteiger partial charge >= 0.3 is 6.03 Å². The van der Waals surface area contributed by atoms with Gasteiger partial charge in [-0.25, -0.2) is 9.78 Å². The molecule has 0 aliphatic heterocycles. The van der Waals surface area contributed by atoms with E-state index < -0.39 is 6.03 Å². The molecule has 4 N–H and O–H groups in total. The standard InChI is InChI=1S/C25H25N5O2/c26-24(32)27-20-14-12-19(13-15-20)17-23(31)29-25-28-21-10-4-5-11-22(21)30(25)16-6-9-18-7-2-1-3-8-18/h1-5,7-8,10-15H,6,9,16-17H2,(H3,26,27,32)(H,28,29,31). The Hall–Kier alpha value is -4.13. The SMILES string of the molecule is NC(=O)Nc1ccc(CC(=O)Nc2nc3ccccc3n2CCCc2ccccc2)cc1. The number of nitrogens with two attached hydrogens (primary N) is 1. The number of benzene rings is 3. The van der Waals surface area contributed by atoms with Crippen molar-refractivity contribution in [1.82, 2.24) is 9.55 Å². The molecule has 3 amide bonds. The Morgan fingerprint density at radius 2 is 1.56 bits per heavy atom. The maximum atomic E-state index is 12.7. The van der Waals surface area contributed by atoms with E-state index in [-0.39, 0.29) is 12.3 Å². The first-order valence-electron chi connectivity index (χ1n) is 10.5. The molecule has 7 nitrogen and oxygen atoms in total. The quantitative estimate of drug-likeness (QED) is 0.390. The van der Waals surface area contributed by atoms with E-state index in [1.165, 1.54) is 5.56 Å². The van der Waals surface area contributed by atoms with Crippen LogP contribution in [-0.2, 0) is 24.2 Å². The molecule has 0 saturated heterocycles. The molecule has 0 fully saturated rings. The molecule has 1 aromatic heterocycles. The van der Waals surface area contributed by atoms with Crippen LogP contribution in [0, 0.1) is 0 Å². The number of imidazole rings is 1. The third-order valence-corrected chi connectivity index (χ3v) is 5.18. The number of aromatic nitrogens is 2. The van der Waals surface area contributed by atoms with Crippen LogP contribution in [0.4, 0.5) is 16.4 Å². The molecular formula is C25H25N5O2. The minimum Gasteiger partial charge on any atom is -0.351 e. The first-order chi connectivity index (χ1) is 15.6. The minimum atomic E-state index is -0.623. The van der Waals surface area contributed by atoms with Crippen LogP contribution in [-0.4, -0.2) is 21.5 Å². The molecule has 32 heavy (non-hydrogen) atoms. The average molecular weight is 428 g/mol. The van der Waals surface area contributed by atoms with Crippen molar-refractivity contribution in [2.45, 2.75) is 25.8 Å². The summed E-state index contributed by atoms with van der Waals surface area (Å²) in [6.45, 7) is 0.749. The third kappa shape index (κ3) is 5.31. The normalized spacial score (nSPS) is 10.8. The Morgan fingerprint density at radius 3 is 2.31 bits per heavy atom. The fourth-order valence-electron chi connectivity index (χ4n) is 3.69. The number of fused-ring (bicyclic) bond motifs is 1. The zero-order valence-electron chi connectivity index (χ0n) is 17.6. The molecule has 7 heteroatoms. The van der Waals surface area contributed by atoms with Crippen molar-refractivity contribution >= 4 is 34.6 Å². The van der Waals surface area contributed by atoms with E-state index in [0.717, 1.165) is 36.0 Å². The van der Waals surface area contributed by atoms with Crippen molar-refractivity contribution < 1.29 is 9.59 Å². The number of rotatable bonds is 8. The molecule has 3 aromatic carbocycles. The Bertz CT molecular complexity index is 1220.